The Morgan fingerprint density at radius 3 is 2.76 bits per heavy atom. The van der Waals surface area contributed by atoms with Crippen LogP contribution in [0.25, 0.3) is 0 Å². The number of halogens is 1. The van der Waals surface area contributed by atoms with Crippen LogP contribution in [0.1, 0.15) is 24.0 Å². The van der Waals surface area contributed by atoms with Crippen molar-refractivity contribution >= 4 is 28.8 Å². The number of anilines is 3. The Labute approximate surface area is 127 Å². The number of rotatable bonds is 3. The first kappa shape index (κ1) is 14.1. The molecule has 2 aromatic rings. The van der Waals surface area contributed by atoms with Gasteiger partial charge in [0.05, 0.1) is 0 Å². The van der Waals surface area contributed by atoms with E-state index in [1.165, 1.54) is 5.56 Å². The molecule has 0 saturated carbocycles. The minimum Gasteiger partial charge on any atom is -0.394 e. The lowest BCUT2D eigenvalue weighted by Gasteiger charge is -2.27. The molecule has 0 fully saturated rings. The first-order valence-electron chi connectivity index (χ1n) is 6.95. The van der Waals surface area contributed by atoms with Gasteiger partial charge in [-0.25, -0.2) is 4.84 Å². The van der Waals surface area contributed by atoms with Crippen LogP contribution in [-0.4, -0.2) is 6.54 Å². The van der Waals surface area contributed by atoms with Gasteiger partial charge in [-0.1, -0.05) is 12.1 Å². The molecule has 0 atom stereocenters. The summed E-state index contributed by atoms with van der Waals surface area (Å²) in [5.41, 5.74) is 8.23. The predicted molar refractivity (Wildman–Crippen MR) is 84.8 cm³/mol. The van der Waals surface area contributed by atoms with Crippen molar-refractivity contribution in [2.24, 2.45) is 0 Å². The minimum absolute atomic E-state index is 0.0775. The second-order valence-electron chi connectivity index (χ2n) is 5.30. The molecule has 0 radical (unpaired) electrons. The Hall–Kier alpha value is -1.85. The smallest absolute Gasteiger partial charge is 0.253 e. The highest BCUT2D eigenvalue weighted by Gasteiger charge is 2.27. The third kappa shape index (κ3) is 2.32. The second kappa shape index (κ2) is 5.50. The highest BCUT2D eigenvalue weighted by Crippen LogP contribution is 2.34. The van der Waals surface area contributed by atoms with E-state index in [0.717, 1.165) is 30.5 Å². The number of fused-ring (bicyclic) bond motifs is 1. The number of hydrogen-bond acceptors (Lipinski definition) is 5. The van der Waals surface area contributed by atoms with E-state index in [2.05, 4.69) is 10.9 Å². The van der Waals surface area contributed by atoms with Gasteiger partial charge < -0.3 is 10.6 Å². The van der Waals surface area contributed by atoms with Crippen molar-refractivity contribution in [1.29, 1.82) is 0 Å². The molecule has 1 aliphatic heterocycles. The quantitative estimate of drug-likeness (QED) is 0.665. The van der Waals surface area contributed by atoms with Crippen LogP contribution in [0.3, 0.4) is 0 Å². The first-order chi connectivity index (χ1) is 10.1. The average molecular weight is 306 g/mol. The lowest BCUT2D eigenvalue weighted by molar-refractivity contribution is 0.759. The highest BCUT2D eigenvalue weighted by molar-refractivity contribution is 6.13. The van der Waals surface area contributed by atoms with Gasteiger partial charge in [0.15, 0.2) is 0 Å². The van der Waals surface area contributed by atoms with Gasteiger partial charge in [-0.05, 0) is 48.2 Å². The summed E-state index contributed by atoms with van der Waals surface area (Å²) in [4.78, 5) is 27.7. The van der Waals surface area contributed by atoms with E-state index in [9.17, 15) is 9.59 Å². The number of benzene rings is 1. The maximum Gasteiger partial charge on any atom is 0.253 e. The molecule has 0 amide bonds. The Balaban J connectivity index is 2.09. The van der Waals surface area contributed by atoms with Crippen molar-refractivity contribution < 1.29 is 0 Å². The summed E-state index contributed by atoms with van der Waals surface area (Å²) in [5.74, 6) is 0. The Bertz CT molecular complexity index is 750. The molecule has 2 aromatic carbocycles. The van der Waals surface area contributed by atoms with Crippen LogP contribution in [0.15, 0.2) is 27.8 Å². The molecule has 110 valence electrons. The summed E-state index contributed by atoms with van der Waals surface area (Å²) in [6, 6.07) is 6.08. The normalized spacial score (nSPS) is 15.0. The number of hydrogen-bond donors (Lipinski definition) is 2. The lowest BCUT2D eigenvalue weighted by Crippen LogP contribution is -2.41. The summed E-state index contributed by atoms with van der Waals surface area (Å²) in [6.07, 6.45) is 2.96. The predicted octanol–water partition coefficient (Wildman–Crippen LogP) is 1.58. The molecule has 3 rings (SSSR count). The fourth-order valence-electron chi connectivity index (χ4n) is 2.86. The fourth-order valence-corrected chi connectivity index (χ4v) is 3.02. The largest absolute Gasteiger partial charge is 0.394 e. The van der Waals surface area contributed by atoms with Gasteiger partial charge in [0.1, 0.15) is 11.4 Å². The van der Waals surface area contributed by atoms with Crippen molar-refractivity contribution in [3.8, 4) is 0 Å². The maximum atomic E-state index is 11.8. The van der Waals surface area contributed by atoms with Crippen LogP contribution in [0.2, 0.25) is 0 Å². The van der Waals surface area contributed by atoms with Crippen LogP contribution >= 0.6 is 11.8 Å². The third-order valence-electron chi connectivity index (χ3n) is 3.98. The Morgan fingerprint density at radius 2 is 2.05 bits per heavy atom. The number of nitrogens with one attached hydrogen (secondary N) is 1. The average Bonchev–Trinajstić information content (AvgIpc) is 2.70. The molecule has 21 heavy (non-hydrogen) atoms. The van der Waals surface area contributed by atoms with E-state index in [1.807, 2.05) is 17.0 Å². The van der Waals surface area contributed by atoms with Gasteiger partial charge in [-0.3, -0.25) is 9.59 Å². The Kier molecular flexibility index (Phi) is 3.69. The summed E-state index contributed by atoms with van der Waals surface area (Å²) in [6.45, 7) is 1.23. The fraction of sp³-hybridized carbons (Fsp3) is 0.333. The molecule has 0 saturated heterocycles. The van der Waals surface area contributed by atoms with Crippen LogP contribution in [0.5, 0.6) is 0 Å². The molecule has 6 heteroatoms. The van der Waals surface area contributed by atoms with Crippen LogP contribution in [0, 0.1) is 0 Å². The van der Waals surface area contributed by atoms with Crippen molar-refractivity contribution in [3.05, 3.63) is 49.8 Å². The molecule has 1 aliphatic rings. The zero-order valence-electron chi connectivity index (χ0n) is 11.5. The van der Waals surface area contributed by atoms with E-state index >= 15 is 0 Å². The maximum absolute atomic E-state index is 11.8. The van der Waals surface area contributed by atoms with E-state index in [0.29, 0.717) is 18.8 Å². The van der Waals surface area contributed by atoms with Gasteiger partial charge in [0.2, 0.25) is 0 Å². The Morgan fingerprint density at radius 1 is 1.24 bits per heavy atom. The van der Waals surface area contributed by atoms with E-state index in [-0.39, 0.29) is 5.69 Å². The van der Waals surface area contributed by atoms with Crippen LogP contribution in [-0.2, 0) is 13.0 Å². The van der Waals surface area contributed by atoms with Crippen LogP contribution in [0.4, 0.5) is 17.1 Å². The first-order valence-corrected chi connectivity index (χ1v) is 7.33. The molecule has 0 unspecified atom stereocenters. The topological polar surface area (TPSA) is 75.4 Å². The number of nitrogens with two attached hydrogens (primary N) is 1. The molecule has 0 aliphatic carbocycles. The second-order valence-corrected chi connectivity index (χ2v) is 5.57. The monoisotopic (exact) mass is 305 g/mol. The van der Waals surface area contributed by atoms with Crippen LogP contribution < -0.4 is 26.3 Å². The van der Waals surface area contributed by atoms with Gasteiger partial charge >= 0.3 is 0 Å². The van der Waals surface area contributed by atoms with Gasteiger partial charge in [0, 0.05) is 18.8 Å². The molecular weight excluding hydrogens is 290 g/mol. The number of nitrogen functional groups attached to an aromatic ring is 1. The van der Waals surface area contributed by atoms with Crippen molar-refractivity contribution in [1.82, 2.24) is 4.84 Å². The van der Waals surface area contributed by atoms with Gasteiger partial charge in [-0.15, -0.1) is 0 Å². The standard InChI is InChI=1S/C15H16ClN3O2/c16-18-8-9-4-5-10-3-1-2-6-19(11(10)7-9)13-12(17)14(20)15(13)21/h4-5,7,18H,1-3,6,8,17H2. The van der Waals surface area contributed by atoms with Crippen molar-refractivity contribution in [2.75, 3.05) is 17.2 Å². The van der Waals surface area contributed by atoms with Gasteiger partial charge in [-0.2, -0.15) is 0 Å². The molecule has 1 heterocycles. The van der Waals surface area contributed by atoms with E-state index < -0.39 is 10.9 Å². The summed E-state index contributed by atoms with van der Waals surface area (Å²) in [5, 5.41) is 0. The highest BCUT2D eigenvalue weighted by atomic mass is 35.5. The van der Waals surface area contributed by atoms with Gasteiger partial charge in [0.25, 0.3) is 10.9 Å². The lowest BCUT2D eigenvalue weighted by atomic mass is 10.0. The molecule has 5 nitrogen and oxygen atoms in total. The SMILES string of the molecule is Nc1c(N2CCCCc3ccc(CNCl)cc32)c(=O)c1=O. The third-order valence-corrected chi connectivity index (χ3v) is 4.11. The summed E-state index contributed by atoms with van der Waals surface area (Å²) in [7, 11) is 0. The number of aryl methyl sites for hydroxylation is 1. The van der Waals surface area contributed by atoms with E-state index in [1.54, 1.807) is 0 Å². The molecule has 0 spiro atoms. The number of nitrogens with zero attached hydrogens (tertiary/aromatic N) is 1. The minimum atomic E-state index is -0.575. The molecule has 3 N–H and O–H groups in total. The van der Waals surface area contributed by atoms with E-state index in [4.69, 9.17) is 17.5 Å². The molecule has 0 aromatic heterocycles. The zero-order valence-corrected chi connectivity index (χ0v) is 12.2. The summed E-state index contributed by atoms with van der Waals surface area (Å²) >= 11 is 5.56. The molecular formula is C15H16ClN3O2. The van der Waals surface area contributed by atoms with Crippen molar-refractivity contribution in [3.63, 3.8) is 0 Å². The zero-order chi connectivity index (χ0) is 15.0. The summed E-state index contributed by atoms with van der Waals surface area (Å²) < 4.78 is 0. The van der Waals surface area contributed by atoms with Crippen molar-refractivity contribution in [2.45, 2.75) is 25.8 Å². The molecule has 0 bridgehead atoms.